The smallest absolute Gasteiger partial charge is 0.336 e. The Morgan fingerprint density at radius 3 is 3.00 bits per heavy atom. The lowest BCUT2D eigenvalue weighted by atomic mass is 10.1. The summed E-state index contributed by atoms with van der Waals surface area (Å²) in [7, 11) is 0. The van der Waals surface area contributed by atoms with Gasteiger partial charge in [-0.2, -0.15) is 0 Å². The van der Waals surface area contributed by atoms with Crippen molar-refractivity contribution in [1.29, 1.82) is 0 Å². The van der Waals surface area contributed by atoms with Gasteiger partial charge in [0.05, 0.1) is 11.3 Å². The van der Waals surface area contributed by atoms with E-state index in [1.807, 2.05) is 6.92 Å². The molecule has 0 radical (unpaired) electrons. The van der Waals surface area contributed by atoms with Crippen molar-refractivity contribution in [3.05, 3.63) is 22.9 Å². The summed E-state index contributed by atoms with van der Waals surface area (Å²) in [4.78, 5) is 14.9. The first-order valence-corrected chi connectivity index (χ1v) is 4.55. The molecule has 1 unspecified atom stereocenters. The molecule has 1 aromatic rings. The van der Waals surface area contributed by atoms with Crippen LogP contribution in [0.25, 0.3) is 0 Å². The molecule has 4 heteroatoms. The summed E-state index contributed by atoms with van der Waals surface area (Å²) in [5.41, 5.74) is 1.71. The third kappa shape index (κ3) is 1.23. The number of aromatic hydroxyl groups is 1. The van der Waals surface area contributed by atoms with Gasteiger partial charge in [-0.15, -0.1) is 0 Å². The third-order valence-electron chi connectivity index (χ3n) is 2.67. The van der Waals surface area contributed by atoms with Gasteiger partial charge in [0.2, 0.25) is 5.88 Å². The van der Waals surface area contributed by atoms with Gasteiger partial charge in [-0.25, -0.2) is 9.78 Å². The standard InChI is InChI=1S/C10H11NO3/c1-5-2-3-6-7(10(13)14)4-8(12)11-9(5)6/h4-5H,2-3H2,1H3,(H,11,12)(H,13,14). The lowest BCUT2D eigenvalue weighted by molar-refractivity contribution is 0.0695. The van der Waals surface area contributed by atoms with Crippen molar-refractivity contribution in [2.24, 2.45) is 0 Å². The first-order valence-electron chi connectivity index (χ1n) is 4.55. The Bertz CT molecular complexity index is 401. The van der Waals surface area contributed by atoms with Crippen LogP contribution in [0.15, 0.2) is 6.07 Å². The maximum Gasteiger partial charge on any atom is 0.336 e. The lowest BCUT2D eigenvalue weighted by Gasteiger charge is -2.06. The molecule has 2 rings (SSSR count). The number of aromatic nitrogens is 1. The number of aromatic carboxylic acids is 1. The number of hydrogen-bond donors (Lipinski definition) is 2. The van der Waals surface area contributed by atoms with Crippen LogP contribution in [-0.4, -0.2) is 21.2 Å². The maximum absolute atomic E-state index is 10.9. The van der Waals surface area contributed by atoms with E-state index >= 15 is 0 Å². The Kier molecular flexibility index (Phi) is 1.91. The number of carboxylic acids is 1. The van der Waals surface area contributed by atoms with Crippen molar-refractivity contribution in [3.8, 4) is 5.88 Å². The highest BCUT2D eigenvalue weighted by Crippen LogP contribution is 2.34. The van der Waals surface area contributed by atoms with Gasteiger partial charge in [0.1, 0.15) is 0 Å². The summed E-state index contributed by atoms with van der Waals surface area (Å²) < 4.78 is 0. The third-order valence-corrected chi connectivity index (χ3v) is 2.67. The molecule has 2 N–H and O–H groups in total. The molecule has 14 heavy (non-hydrogen) atoms. The molecule has 4 nitrogen and oxygen atoms in total. The topological polar surface area (TPSA) is 70.4 Å². The number of nitrogens with zero attached hydrogens (tertiary/aromatic N) is 1. The highest BCUT2D eigenvalue weighted by atomic mass is 16.4. The van der Waals surface area contributed by atoms with Gasteiger partial charge in [0.25, 0.3) is 0 Å². The van der Waals surface area contributed by atoms with Crippen LogP contribution >= 0.6 is 0 Å². The van der Waals surface area contributed by atoms with E-state index in [-0.39, 0.29) is 17.4 Å². The van der Waals surface area contributed by atoms with E-state index in [0.717, 1.165) is 24.1 Å². The van der Waals surface area contributed by atoms with E-state index < -0.39 is 5.97 Å². The van der Waals surface area contributed by atoms with E-state index in [9.17, 15) is 9.90 Å². The molecule has 0 aromatic carbocycles. The molecule has 74 valence electrons. The molecule has 0 bridgehead atoms. The zero-order valence-electron chi connectivity index (χ0n) is 7.82. The molecule has 0 spiro atoms. The van der Waals surface area contributed by atoms with Crippen molar-refractivity contribution in [3.63, 3.8) is 0 Å². The van der Waals surface area contributed by atoms with Crippen molar-refractivity contribution >= 4 is 5.97 Å². The molecule has 0 amide bonds. The minimum Gasteiger partial charge on any atom is -0.493 e. The predicted octanol–water partition coefficient (Wildman–Crippen LogP) is 1.54. The number of carbonyl (C=O) groups is 1. The van der Waals surface area contributed by atoms with Crippen molar-refractivity contribution in [2.45, 2.75) is 25.7 Å². The summed E-state index contributed by atoms with van der Waals surface area (Å²) in [6.45, 7) is 1.99. The molecule has 0 saturated heterocycles. The monoisotopic (exact) mass is 193 g/mol. The van der Waals surface area contributed by atoms with E-state index in [4.69, 9.17) is 5.11 Å². The van der Waals surface area contributed by atoms with Crippen LogP contribution in [-0.2, 0) is 6.42 Å². The van der Waals surface area contributed by atoms with Crippen LogP contribution in [0.3, 0.4) is 0 Å². The van der Waals surface area contributed by atoms with Crippen molar-refractivity contribution in [2.75, 3.05) is 0 Å². The zero-order chi connectivity index (χ0) is 10.3. The molecule has 0 aliphatic heterocycles. The summed E-state index contributed by atoms with van der Waals surface area (Å²) in [5, 5.41) is 18.2. The van der Waals surface area contributed by atoms with Gasteiger partial charge in [0.15, 0.2) is 0 Å². The average Bonchev–Trinajstić information content (AvgIpc) is 2.47. The summed E-state index contributed by atoms with van der Waals surface area (Å²) in [5.74, 6) is -0.946. The minimum absolute atomic E-state index is 0.192. The Labute approximate surface area is 81.2 Å². The van der Waals surface area contributed by atoms with Gasteiger partial charge in [0, 0.05) is 6.07 Å². The molecule has 1 aliphatic carbocycles. The number of pyridine rings is 1. The van der Waals surface area contributed by atoms with Gasteiger partial charge >= 0.3 is 5.97 Å². The Morgan fingerprint density at radius 2 is 2.36 bits per heavy atom. The zero-order valence-corrected chi connectivity index (χ0v) is 7.82. The quantitative estimate of drug-likeness (QED) is 0.709. The second-order valence-corrected chi connectivity index (χ2v) is 3.64. The number of fused-ring (bicyclic) bond motifs is 1. The number of carboxylic acid groups (broad SMARTS) is 1. The van der Waals surface area contributed by atoms with Crippen molar-refractivity contribution < 1.29 is 15.0 Å². The molecule has 1 aromatic heterocycles. The van der Waals surface area contributed by atoms with E-state index in [2.05, 4.69) is 4.98 Å². The number of hydrogen-bond acceptors (Lipinski definition) is 3. The molecule has 0 saturated carbocycles. The van der Waals surface area contributed by atoms with Gasteiger partial charge < -0.3 is 10.2 Å². The molecular weight excluding hydrogens is 182 g/mol. The minimum atomic E-state index is -0.993. The fourth-order valence-corrected chi connectivity index (χ4v) is 1.94. The van der Waals surface area contributed by atoms with Gasteiger partial charge in [-0.3, -0.25) is 0 Å². The van der Waals surface area contributed by atoms with E-state index in [1.165, 1.54) is 6.07 Å². The fraction of sp³-hybridized carbons (Fsp3) is 0.400. The van der Waals surface area contributed by atoms with Gasteiger partial charge in [-0.1, -0.05) is 6.92 Å². The first-order chi connectivity index (χ1) is 6.59. The average molecular weight is 193 g/mol. The lowest BCUT2D eigenvalue weighted by Crippen LogP contribution is -2.04. The summed E-state index contributed by atoms with van der Waals surface area (Å²) >= 11 is 0. The first kappa shape index (κ1) is 8.99. The Hall–Kier alpha value is -1.58. The van der Waals surface area contributed by atoms with Gasteiger partial charge in [-0.05, 0) is 24.3 Å². The molecule has 1 atom stereocenters. The van der Waals surface area contributed by atoms with Crippen LogP contribution in [0.4, 0.5) is 0 Å². The number of rotatable bonds is 1. The Balaban J connectivity index is 2.63. The molecular formula is C10H11NO3. The Morgan fingerprint density at radius 1 is 1.64 bits per heavy atom. The second kappa shape index (κ2) is 2.97. The van der Waals surface area contributed by atoms with Crippen LogP contribution in [0.5, 0.6) is 5.88 Å². The normalized spacial score (nSPS) is 19.4. The second-order valence-electron chi connectivity index (χ2n) is 3.64. The van der Waals surface area contributed by atoms with Crippen LogP contribution in [0, 0.1) is 0 Å². The molecule has 1 aliphatic rings. The molecule has 0 fully saturated rings. The fourth-order valence-electron chi connectivity index (χ4n) is 1.94. The van der Waals surface area contributed by atoms with Crippen LogP contribution in [0.1, 0.15) is 40.9 Å². The maximum atomic E-state index is 10.9. The van der Waals surface area contributed by atoms with Crippen LogP contribution in [0.2, 0.25) is 0 Å². The van der Waals surface area contributed by atoms with Crippen molar-refractivity contribution in [1.82, 2.24) is 4.98 Å². The van der Waals surface area contributed by atoms with E-state index in [1.54, 1.807) is 0 Å². The summed E-state index contributed by atoms with van der Waals surface area (Å²) in [6, 6.07) is 1.22. The highest BCUT2D eigenvalue weighted by molar-refractivity contribution is 5.90. The van der Waals surface area contributed by atoms with Crippen LogP contribution < -0.4 is 0 Å². The SMILES string of the molecule is CC1CCc2c(C(=O)O)cc(O)nc21. The predicted molar refractivity (Wildman–Crippen MR) is 49.6 cm³/mol. The highest BCUT2D eigenvalue weighted by Gasteiger charge is 2.26. The molecule has 1 heterocycles. The largest absolute Gasteiger partial charge is 0.493 e. The van der Waals surface area contributed by atoms with E-state index in [0.29, 0.717) is 0 Å². The summed E-state index contributed by atoms with van der Waals surface area (Å²) in [6.07, 6.45) is 1.65.